The van der Waals surface area contributed by atoms with Crippen LogP contribution >= 0.6 is 0 Å². The Morgan fingerprint density at radius 2 is 1.82 bits per heavy atom. The van der Waals surface area contributed by atoms with Crippen molar-refractivity contribution in [2.24, 2.45) is 4.99 Å². The molecule has 0 fully saturated rings. The molecule has 0 aliphatic carbocycles. The molecule has 0 bridgehead atoms. The maximum atomic E-state index is 14.9. The Morgan fingerprint density at radius 3 is 2.61 bits per heavy atom. The van der Waals surface area contributed by atoms with Crippen molar-refractivity contribution < 1.29 is 4.39 Å². The highest BCUT2D eigenvalue weighted by atomic mass is 19.1. The van der Waals surface area contributed by atoms with E-state index in [1.165, 1.54) is 5.57 Å². The average Bonchev–Trinajstić information content (AvgIpc) is 2.66. The molecule has 0 spiro atoms. The van der Waals surface area contributed by atoms with Gasteiger partial charge in [0, 0.05) is 35.0 Å². The summed E-state index contributed by atoms with van der Waals surface area (Å²) in [6.07, 6.45) is 3.89. The number of rotatable bonds is 3. The number of likely N-dealkylation sites (N-methyl/N-ethyl adjacent to an activating group) is 1. The van der Waals surface area contributed by atoms with Crippen molar-refractivity contribution in [3.63, 3.8) is 0 Å². The topological polar surface area (TPSA) is 15.6 Å². The van der Waals surface area contributed by atoms with Crippen LogP contribution in [0.15, 0.2) is 65.7 Å². The molecule has 0 saturated carbocycles. The van der Waals surface area contributed by atoms with Crippen molar-refractivity contribution in [2.75, 3.05) is 11.4 Å². The predicted molar refractivity (Wildman–Crippen MR) is 118 cm³/mol. The molecule has 0 amide bonds. The average molecular weight is 372 g/mol. The van der Waals surface area contributed by atoms with E-state index in [0.717, 1.165) is 34.3 Å². The number of halogens is 1. The van der Waals surface area contributed by atoms with E-state index in [-0.39, 0.29) is 11.4 Å². The first-order chi connectivity index (χ1) is 13.4. The van der Waals surface area contributed by atoms with Crippen LogP contribution in [0.5, 0.6) is 0 Å². The normalized spacial score (nSPS) is 15.8. The highest BCUT2D eigenvalue weighted by Gasteiger charge is 2.30. The molecule has 1 aliphatic rings. The summed E-state index contributed by atoms with van der Waals surface area (Å²) in [7, 11) is 0. The van der Waals surface area contributed by atoms with Gasteiger partial charge < -0.3 is 4.90 Å². The summed E-state index contributed by atoms with van der Waals surface area (Å²) in [5.41, 5.74) is 4.42. The van der Waals surface area contributed by atoms with Crippen LogP contribution in [0, 0.1) is 5.82 Å². The molecule has 28 heavy (non-hydrogen) atoms. The molecule has 0 N–H and O–H groups in total. The number of hydrogen-bond donors (Lipinski definition) is 0. The molecule has 3 aromatic rings. The number of aliphatic imine (C=N–C) groups is 1. The molecule has 3 heteroatoms. The fraction of sp³-hybridized carbons (Fsp3) is 0.240. The number of allylic oxidation sites excluding steroid dienone is 1. The summed E-state index contributed by atoms with van der Waals surface area (Å²) in [6.45, 7) is 9.35. The zero-order valence-electron chi connectivity index (χ0n) is 16.8. The molecule has 3 aromatic carbocycles. The van der Waals surface area contributed by atoms with E-state index < -0.39 is 0 Å². The molecule has 0 radical (unpaired) electrons. The van der Waals surface area contributed by atoms with Crippen LogP contribution in [0.25, 0.3) is 16.3 Å². The van der Waals surface area contributed by atoms with E-state index in [1.54, 1.807) is 12.3 Å². The largest absolute Gasteiger partial charge is 0.363 e. The smallest absolute Gasteiger partial charge is 0.134 e. The van der Waals surface area contributed by atoms with Gasteiger partial charge in [-0.1, -0.05) is 42.5 Å². The van der Waals surface area contributed by atoms with E-state index in [2.05, 4.69) is 55.8 Å². The van der Waals surface area contributed by atoms with Crippen LogP contribution < -0.4 is 4.90 Å². The Balaban J connectivity index is 1.78. The third-order valence-corrected chi connectivity index (χ3v) is 5.52. The Kier molecular flexibility index (Phi) is 4.54. The number of anilines is 1. The van der Waals surface area contributed by atoms with Crippen LogP contribution in [-0.4, -0.2) is 18.3 Å². The van der Waals surface area contributed by atoms with Crippen LogP contribution in [0.1, 0.15) is 38.8 Å². The second kappa shape index (κ2) is 6.90. The minimum Gasteiger partial charge on any atom is -0.363 e. The Labute approximate surface area is 166 Å². The molecule has 4 rings (SSSR count). The predicted octanol–water partition coefficient (Wildman–Crippen LogP) is 6.75. The summed E-state index contributed by atoms with van der Waals surface area (Å²) in [5.74, 6) is -0.244. The lowest BCUT2D eigenvalue weighted by atomic mass is 9.88. The third-order valence-electron chi connectivity index (χ3n) is 5.52. The quantitative estimate of drug-likeness (QED) is 0.464. The fourth-order valence-electron chi connectivity index (χ4n) is 4.25. The molecule has 0 atom stereocenters. The van der Waals surface area contributed by atoms with E-state index in [0.29, 0.717) is 5.56 Å². The first-order valence-corrected chi connectivity index (χ1v) is 9.73. The van der Waals surface area contributed by atoms with Crippen LogP contribution in [0.3, 0.4) is 0 Å². The van der Waals surface area contributed by atoms with Gasteiger partial charge in [-0.2, -0.15) is 0 Å². The van der Waals surface area contributed by atoms with E-state index in [9.17, 15) is 4.39 Å². The number of nitrogens with zero attached hydrogens (tertiary/aromatic N) is 2. The summed E-state index contributed by atoms with van der Waals surface area (Å²) in [4.78, 5) is 6.85. The van der Waals surface area contributed by atoms with Gasteiger partial charge in [-0.25, -0.2) is 4.39 Å². The number of hydrogen-bond acceptors (Lipinski definition) is 2. The molecular weight excluding hydrogens is 347 g/mol. The van der Waals surface area contributed by atoms with Crippen molar-refractivity contribution in [1.29, 1.82) is 0 Å². The minimum absolute atomic E-state index is 0.128. The Morgan fingerprint density at radius 1 is 1.07 bits per heavy atom. The number of fused-ring (bicyclic) bond motifs is 2. The zero-order valence-corrected chi connectivity index (χ0v) is 16.8. The second-order valence-electron chi connectivity index (χ2n) is 7.87. The number of benzene rings is 3. The monoisotopic (exact) mass is 372 g/mol. The van der Waals surface area contributed by atoms with Gasteiger partial charge in [0.15, 0.2) is 0 Å². The molecule has 0 unspecified atom stereocenters. The van der Waals surface area contributed by atoms with Gasteiger partial charge in [0.05, 0.1) is 11.2 Å². The lowest BCUT2D eigenvalue weighted by molar-refractivity contribution is 0.561. The lowest BCUT2D eigenvalue weighted by Gasteiger charge is -2.42. The van der Waals surface area contributed by atoms with Crippen LogP contribution in [0.2, 0.25) is 0 Å². The van der Waals surface area contributed by atoms with Gasteiger partial charge in [0.1, 0.15) is 5.82 Å². The molecule has 142 valence electrons. The molecule has 2 nitrogen and oxygen atoms in total. The van der Waals surface area contributed by atoms with Crippen molar-refractivity contribution in [2.45, 2.75) is 33.2 Å². The maximum Gasteiger partial charge on any atom is 0.134 e. The molecule has 1 aliphatic heterocycles. The van der Waals surface area contributed by atoms with Gasteiger partial charge in [-0.15, -0.1) is 0 Å². The first-order valence-electron chi connectivity index (χ1n) is 9.73. The summed E-state index contributed by atoms with van der Waals surface area (Å²) in [5, 5.41) is 2.19. The first kappa shape index (κ1) is 18.4. The van der Waals surface area contributed by atoms with Gasteiger partial charge in [0.25, 0.3) is 0 Å². The summed E-state index contributed by atoms with van der Waals surface area (Å²) >= 11 is 0. The van der Waals surface area contributed by atoms with Gasteiger partial charge in [-0.05, 0) is 56.9 Å². The Bertz CT molecular complexity index is 1100. The van der Waals surface area contributed by atoms with Crippen molar-refractivity contribution >= 4 is 33.9 Å². The van der Waals surface area contributed by atoms with Gasteiger partial charge >= 0.3 is 0 Å². The van der Waals surface area contributed by atoms with Crippen molar-refractivity contribution in [3.05, 3.63) is 77.6 Å². The van der Waals surface area contributed by atoms with Gasteiger partial charge in [0.2, 0.25) is 0 Å². The lowest BCUT2D eigenvalue weighted by Crippen LogP contribution is -2.45. The molecule has 0 saturated heterocycles. The second-order valence-corrected chi connectivity index (χ2v) is 7.87. The SMILES string of the molecule is CCN1c2cc(F)c(C=Nc3cccc4ccccc34)cc2C(C)=CC1(C)C. The van der Waals surface area contributed by atoms with E-state index in [4.69, 9.17) is 0 Å². The summed E-state index contributed by atoms with van der Waals surface area (Å²) in [6, 6.07) is 17.7. The Hall–Kier alpha value is -2.94. The van der Waals surface area contributed by atoms with Gasteiger partial charge in [-0.3, -0.25) is 4.99 Å². The van der Waals surface area contributed by atoms with E-state index in [1.807, 2.05) is 36.4 Å². The highest BCUT2D eigenvalue weighted by molar-refractivity contribution is 5.96. The maximum absolute atomic E-state index is 14.9. The highest BCUT2D eigenvalue weighted by Crippen LogP contribution is 2.39. The molecule has 0 aromatic heterocycles. The van der Waals surface area contributed by atoms with Crippen LogP contribution in [0.4, 0.5) is 15.8 Å². The van der Waals surface area contributed by atoms with Crippen molar-refractivity contribution in [1.82, 2.24) is 0 Å². The summed E-state index contributed by atoms with van der Waals surface area (Å²) < 4.78 is 14.9. The zero-order chi connectivity index (χ0) is 19.9. The fourth-order valence-corrected chi connectivity index (χ4v) is 4.25. The van der Waals surface area contributed by atoms with E-state index >= 15 is 0 Å². The molecular formula is C25H25FN2. The standard InChI is InChI=1S/C25H25FN2/c1-5-28-24-14-22(26)19(13-21(24)17(2)15-25(28,3)4)16-27-23-12-8-10-18-9-6-7-11-20(18)23/h6-16H,5H2,1-4H3. The van der Waals surface area contributed by atoms with Crippen LogP contribution in [-0.2, 0) is 0 Å². The third kappa shape index (κ3) is 3.11. The molecule has 1 heterocycles. The minimum atomic E-state index is -0.244. The van der Waals surface area contributed by atoms with Crippen molar-refractivity contribution in [3.8, 4) is 0 Å².